The van der Waals surface area contributed by atoms with Crippen molar-refractivity contribution >= 4 is 27.4 Å². The van der Waals surface area contributed by atoms with Gasteiger partial charge in [0.1, 0.15) is 12.4 Å². The number of anilines is 1. The second kappa shape index (κ2) is 5.29. The Bertz CT molecular complexity index is 797. The van der Waals surface area contributed by atoms with Crippen molar-refractivity contribution in [1.82, 2.24) is 0 Å². The van der Waals surface area contributed by atoms with Crippen LogP contribution in [0.15, 0.2) is 58.7 Å². The van der Waals surface area contributed by atoms with Crippen LogP contribution in [-0.2, 0) is 6.42 Å². The number of allylic oxidation sites excluding steroid dienone is 1. The molecule has 0 aliphatic carbocycles. The molecule has 0 saturated carbocycles. The lowest BCUT2D eigenvalue weighted by atomic mass is 9.93. The Kier molecular flexibility index (Phi) is 3.26. The van der Waals surface area contributed by atoms with Crippen molar-refractivity contribution in [2.75, 3.05) is 18.1 Å². The lowest BCUT2D eigenvalue weighted by molar-refractivity contribution is 0.103. The Morgan fingerprint density at radius 2 is 2.00 bits per heavy atom. The molecule has 0 fully saturated rings. The molecule has 0 unspecified atom stereocenters. The first-order valence-electron chi connectivity index (χ1n) is 7.25. The van der Waals surface area contributed by atoms with Gasteiger partial charge < -0.3 is 9.64 Å². The molecule has 2 aliphatic rings. The molecule has 0 aromatic heterocycles. The number of benzene rings is 2. The van der Waals surface area contributed by atoms with Gasteiger partial charge in [-0.2, -0.15) is 0 Å². The smallest absolute Gasteiger partial charge is 0.191 e. The number of carbonyl (C=O) groups excluding carboxylic acids is 1. The van der Waals surface area contributed by atoms with E-state index in [9.17, 15) is 4.79 Å². The number of nitrogens with zero attached hydrogens (tertiary/aromatic N) is 1. The lowest BCUT2D eigenvalue weighted by Gasteiger charge is -2.34. The molecule has 0 saturated heterocycles. The number of carbonyl (C=O) groups is 1. The molecule has 0 amide bonds. The maximum Gasteiger partial charge on any atom is 0.191 e. The fourth-order valence-electron chi connectivity index (χ4n) is 3.04. The summed E-state index contributed by atoms with van der Waals surface area (Å²) < 4.78 is 6.54. The third-order valence-corrected chi connectivity index (χ3v) is 4.75. The topological polar surface area (TPSA) is 29.5 Å². The van der Waals surface area contributed by atoms with Crippen molar-refractivity contribution in [2.45, 2.75) is 6.42 Å². The molecule has 0 N–H and O–H groups in total. The van der Waals surface area contributed by atoms with Gasteiger partial charge in [-0.3, -0.25) is 4.79 Å². The lowest BCUT2D eigenvalue weighted by Crippen LogP contribution is -2.32. The highest BCUT2D eigenvalue weighted by Crippen LogP contribution is 2.40. The number of para-hydroxylation sites is 1. The summed E-state index contributed by atoms with van der Waals surface area (Å²) in [6.07, 6.45) is 2.62. The maximum absolute atomic E-state index is 12.8. The highest BCUT2D eigenvalue weighted by Gasteiger charge is 2.27. The fraction of sp³-hybridized carbons (Fsp3) is 0.167. The molecule has 4 rings (SSSR count). The number of Topliss-reactive ketones (excluding diaryl/α,β-unsaturated/α-hetero) is 1. The van der Waals surface area contributed by atoms with E-state index in [1.165, 1.54) is 0 Å². The van der Waals surface area contributed by atoms with Gasteiger partial charge >= 0.3 is 0 Å². The average Bonchev–Trinajstić information content (AvgIpc) is 2.55. The van der Waals surface area contributed by atoms with E-state index < -0.39 is 0 Å². The molecule has 0 bridgehead atoms. The third-order valence-electron chi connectivity index (χ3n) is 4.06. The summed E-state index contributed by atoms with van der Waals surface area (Å²) in [6, 6.07) is 13.6. The third kappa shape index (κ3) is 2.15. The van der Waals surface area contributed by atoms with Gasteiger partial charge in [-0.15, -0.1) is 0 Å². The number of rotatable bonds is 2. The van der Waals surface area contributed by atoms with Crippen molar-refractivity contribution in [1.29, 1.82) is 0 Å². The molecule has 0 spiro atoms. The van der Waals surface area contributed by atoms with Gasteiger partial charge in [-0.1, -0.05) is 40.2 Å². The predicted octanol–water partition coefficient (Wildman–Crippen LogP) is 3.97. The van der Waals surface area contributed by atoms with E-state index in [4.69, 9.17) is 4.74 Å². The predicted molar refractivity (Wildman–Crippen MR) is 89.5 cm³/mol. The summed E-state index contributed by atoms with van der Waals surface area (Å²) >= 11 is 3.47. The Morgan fingerprint density at radius 1 is 1.14 bits per heavy atom. The van der Waals surface area contributed by atoms with Crippen LogP contribution in [0, 0.1) is 0 Å². The van der Waals surface area contributed by atoms with Crippen molar-refractivity contribution in [3.8, 4) is 5.75 Å². The number of hydrogen-bond donors (Lipinski definition) is 0. The second-order valence-electron chi connectivity index (χ2n) is 5.45. The molecule has 0 radical (unpaired) electrons. The molecule has 3 nitrogen and oxygen atoms in total. The summed E-state index contributed by atoms with van der Waals surface area (Å²) in [5.41, 5.74) is 3.78. The summed E-state index contributed by atoms with van der Waals surface area (Å²) in [4.78, 5) is 15.0. The van der Waals surface area contributed by atoms with E-state index >= 15 is 0 Å². The number of ether oxygens (including phenoxy) is 1. The maximum atomic E-state index is 12.8. The molecule has 2 aromatic rings. The van der Waals surface area contributed by atoms with Crippen LogP contribution in [0.4, 0.5) is 5.69 Å². The van der Waals surface area contributed by atoms with Crippen molar-refractivity contribution < 1.29 is 9.53 Å². The fourth-order valence-corrected chi connectivity index (χ4v) is 3.51. The van der Waals surface area contributed by atoms with E-state index in [-0.39, 0.29) is 5.78 Å². The zero-order chi connectivity index (χ0) is 15.1. The minimum Gasteiger partial charge on any atom is -0.490 e. The minimum absolute atomic E-state index is 0.0787. The SMILES string of the molecule is O=C(C1=CN2CCOc3cccc(c32)C1)c1ccccc1Br. The first-order valence-corrected chi connectivity index (χ1v) is 8.04. The van der Waals surface area contributed by atoms with Crippen LogP contribution in [0.2, 0.25) is 0 Å². The van der Waals surface area contributed by atoms with Crippen LogP contribution >= 0.6 is 15.9 Å². The number of hydrogen-bond acceptors (Lipinski definition) is 3. The van der Waals surface area contributed by atoms with Gasteiger partial charge in [0.15, 0.2) is 5.78 Å². The molecule has 0 atom stereocenters. The van der Waals surface area contributed by atoms with Crippen LogP contribution in [0.5, 0.6) is 5.75 Å². The minimum atomic E-state index is 0.0787. The van der Waals surface area contributed by atoms with Crippen LogP contribution in [0.3, 0.4) is 0 Å². The summed E-state index contributed by atoms with van der Waals surface area (Å²) in [6.45, 7) is 1.42. The standard InChI is InChI=1S/C18H14BrNO2/c19-15-6-2-1-5-14(15)18(21)13-10-12-4-3-7-16-17(12)20(11-13)8-9-22-16/h1-7,11H,8-10H2. The second-order valence-corrected chi connectivity index (χ2v) is 6.30. The summed E-state index contributed by atoms with van der Waals surface area (Å²) in [5.74, 6) is 0.988. The molecule has 2 aromatic carbocycles. The van der Waals surface area contributed by atoms with Crippen LogP contribution in [0.25, 0.3) is 0 Å². The van der Waals surface area contributed by atoms with Crippen molar-refractivity contribution in [3.05, 3.63) is 69.8 Å². The van der Waals surface area contributed by atoms with Gasteiger partial charge in [0.05, 0.1) is 12.2 Å². The molecular weight excluding hydrogens is 342 g/mol. The quantitative estimate of drug-likeness (QED) is 0.763. The zero-order valence-electron chi connectivity index (χ0n) is 11.9. The van der Waals surface area contributed by atoms with Gasteiger partial charge in [0, 0.05) is 28.2 Å². The van der Waals surface area contributed by atoms with Gasteiger partial charge in [0.25, 0.3) is 0 Å². The number of halogens is 1. The van der Waals surface area contributed by atoms with Crippen LogP contribution in [0.1, 0.15) is 15.9 Å². The Hall–Kier alpha value is -2.07. The average molecular weight is 356 g/mol. The van der Waals surface area contributed by atoms with E-state index in [1.54, 1.807) is 0 Å². The first kappa shape index (κ1) is 13.6. The molecule has 110 valence electrons. The Morgan fingerprint density at radius 3 is 2.86 bits per heavy atom. The number of ketones is 1. The Balaban J connectivity index is 1.75. The first-order chi connectivity index (χ1) is 10.7. The summed E-state index contributed by atoms with van der Waals surface area (Å²) in [7, 11) is 0. The molecule has 2 heterocycles. The largest absolute Gasteiger partial charge is 0.490 e. The van der Waals surface area contributed by atoms with E-state index in [2.05, 4.69) is 26.9 Å². The van der Waals surface area contributed by atoms with Crippen molar-refractivity contribution in [3.63, 3.8) is 0 Å². The van der Waals surface area contributed by atoms with Gasteiger partial charge in [0.2, 0.25) is 0 Å². The van der Waals surface area contributed by atoms with E-state index in [0.717, 1.165) is 33.6 Å². The van der Waals surface area contributed by atoms with Crippen molar-refractivity contribution in [2.24, 2.45) is 0 Å². The summed E-state index contributed by atoms with van der Waals surface area (Å²) in [5, 5.41) is 0. The molecule has 22 heavy (non-hydrogen) atoms. The highest BCUT2D eigenvalue weighted by molar-refractivity contribution is 9.10. The van der Waals surface area contributed by atoms with E-state index in [0.29, 0.717) is 18.6 Å². The molecule has 4 heteroatoms. The van der Waals surface area contributed by atoms with Gasteiger partial charge in [-0.25, -0.2) is 0 Å². The molecular formula is C18H14BrNO2. The monoisotopic (exact) mass is 355 g/mol. The normalized spacial score (nSPS) is 15.7. The zero-order valence-corrected chi connectivity index (χ0v) is 13.5. The highest BCUT2D eigenvalue weighted by atomic mass is 79.9. The van der Waals surface area contributed by atoms with Crippen LogP contribution in [-0.4, -0.2) is 18.9 Å². The van der Waals surface area contributed by atoms with Gasteiger partial charge in [-0.05, 0) is 23.8 Å². The Labute approximate surface area is 137 Å². The van der Waals surface area contributed by atoms with Crippen LogP contribution < -0.4 is 9.64 Å². The van der Waals surface area contributed by atoms with E-state index in [1.807, 2.05) is 42.6 Å². The molecule has 2 aliphatic heterocycles.